The molecular weight excluding hydrogens is 319 g/mol. The summed E-state index contributed by atoms with van der Waals surface area (Å²) in [6.45, 7) is 0. The average Bonchev–Trinajstić information content (AvgIpc) is 2.46. The molecule has 0 saturated heterocycles. The molecule has 0 aromatic heterocycles. The van der Waals surface area contributed by atoms with Crippen LogP contribution in [0, 0.1) is 0 Å². The van der Waals surface area contributed by atoms with Gasteiger partial charge in [-0.25, -0.2) is 0 Å². The van der Waals surface area contributed by atoms with Crippen molar-refractivity contribution in [1.29, 1.82) is 0 Å². The van der Waals surface area contributed by atoms with Crippen molar-refractivity contribution in [2.75, 3.05) is 0 Å². The first-order valence-electron chi connectivity index (χ1n) is 6.97. The second-order valence-corrected chi connectivity index (χ2v) is 6.76. The fourth-order valence-electron chi connectivity index (χ4n) is 2.30. The van der Waals surface area contributed by atoms with Crippen LogP contribution in [0.4, 0.5) is 0 Å². The minimum absolute atomic E-state index is 0.0768. The number of phenolic OH excluding ortho intramolecular Hbond substituents is 2. The number of rotatable bonds is 6. The van der Waals surface area contributed by atoms with Gasteiger partial charge in [-0.05, 0) is 48.7 Å². The van der Waals surface area contributed by atoms with Gasteiger partial charge in [0.05, 0.1) is 5.30 Å². The standard InChI is InChI=1S/C16H17O6P/c17-12-5-1-3-11(9-12)4-2-6-15(19)14-8-7-13(18)10-16(14)23(20,21)22/h1,3,5,7-10,17-18H,2,4,6H2,(H2,20,21,22). The fraction of sp³-hybridized carbons (Fsp3) is 0.188. The van der Waals surface area contributed by atoms with Gasteiger partial charge in [-0.2, -0.15) is 0 Å². The van der Waals surface area contributed by atoms with E-state index < -0.39 is 18.7 Å². The molecule has 0 fully saturated rings. The van der Waals surface area contributed by atoms with Crippen LogP contribution < -0.4 is 5.30 Å². The van der Waals surface area contributed by atoms with Gasteiger partial charge in [0, 0.05) is 12.0 Å². The normalized spacial score (nSPS) is 11.4. The molecule has 23 heavy (non-hydrogen) atoms. The second kappa shape index (κ2) is 6.96. The smallest absolute Gasteiger partial charge is 0.357 e. The largest absolute Gasteiger partial charge is 0.508 e. The number of hydrogen-bond acceptors (Lipinski definition) is 4. The van der Waals surface area contributed by atoms with Gasteiger partial charge in [0.1, 0.15) is 11.5 Å². The van der Waals surface area contributed by atoms with E-state index in [1.807, 2.05) is 6.07 Å². The van der Waals surface area contributed by atoms with Crippen LogP contribution in [0.25, 0.3) is 0 Å². The molecule has 7 heteroatoms. The number of phenols is 2. The summed E-state index contributed by atoms with van der Waals surface area (Å²) in [5, 5.41) is 18.3. The maximum absolute atomic E-state index is 12.2. The van der Waals surface area contributed by atoms with Crippen LogP contribution in [-0.2, 0) is 11.0 Å². The molecule has 2 aromatic carbocycles. The average molecular weight is 336 g/mol. The molecule has 0 spiro atoms. The molecule has 0 aliphatic rings. The van der Waals surface area contributed by atoms with Crippen LogP contribution in [-0.4, -0.2) is 25.8 Å². The number of benzene rings is 2. The third kappa shape index (κ3) is 4.66. The summed E-state index contributed by atoms with van der Waals surface area (Å²) in [4.78, 5) is 30.8. The molecule has 0 saturated carbocycles. The Morgan fingerprint density at radius 3 is 2.35 bits per heavy atom. The lowest BCUT2D eigenvalue weighted by molar-refractivity contribution is 0.0981. The van der Waals surface area contributed by atoms with E-state index in [1.54, 1.807) is 18.2 Å². The van der Waals surface area contributed by atoms with E-state index in [2.05, 4.69) is 0 Å². The predicted octanol–water partition coefficient (Wildman–Crippen LogP) is 2.11. The first-order chi connectivity index (χ1) is 10.8. The van der Waals surface area contributed by atoms with E-state index in [0.717, 1.165) is 11.6 Å². The number of Topliss-reactive ketones (excluding diaryl/α,β-unsaturated/α-hetero) is 1. The molecule has 2 rings (SSSR count). The van der Waals surface area contributed by atoms with E-state index in [-0.39, 0.29) is 23.5 Å². The molecule has 0 radical (unpaired) electrons. The molecule has 0 bridgehead atoms. The molecule has 0 aliphatic carbocycles. The summed E-state index contributed by atoms with van der Waals surface area (Å²) in [5.41, 5.74) is 0.797. The fourth-order valence-corrected chi connectivity index (χ4v) is 3.11. The van der Waals surface area contributed by atoms with Crippen molar-refractivity contribution in [2.45, 2.75) is 19.3 Å². The Morgan fingerprint density at radius 2 is 1.70 bits per heavy atom. The summed E-state index contributed by atoms with van der Waals surface area (Å²) in [7, 11) is -4.65. The van der Waals surface area contributed by atoms with Gasteiger partial charge >= 0.3 is 7.60 Å². The zero-order valence-electron chi connectivity index (χ0n) is 12.2. The van der Waals surface area contributed by atoms with Gasteiger partial charge in [-0.1, -0.05) is 12.1 Å². The van der Waals surface area contributed by atoms with Crippen molar-refractivity contribution in [2.24, 2.45) is 0 Å². The van der Waals surface area contributed by atoms with Crippen LogP contribution in [0.5, 0.6) is 11.5 Å². The molecule has 0 heterocycles. The molecule has 0 amide bonds. The highest BCUT2D eigenvalue weighted by atomic mass is 31.2. The predicted molar refractivity (Wildman–Crippen MR) is 85.2 cm³/mol. The number of carbonyl (C=O) groups is 1. The van der Waals surface area contributed by atoms with Crippen LogP contribution in [0.3, 0.4) is 0 Å². The number of aromatic hydroxyl groups is 2. The Morgan fingerprint density at radius 1 is 1.00 bits per heavy atom. The van der Waals surface area contributed by atoms with E-state index in [1.165, 1.54) is 12.1 Å². The summed E-state index contributed by atoms with van der Waals surface area (Å²) in [5.74, 6) is -0.556. The first-order valence-corrected chi connectivity index (χ1v) is 8.59. The van der Waals surface area contributed by atoms with Crippen molar-refractivity contribution in [3.05, 3.63) is 53.6 Å². The van der Waals surface area contributed by atoms with Crippen LogP contribution in [0.2, 0.25) is 0 Å². The zero-order chi connectivity index (χ0) is 17.0. The Balaban J connectivity index is 2.08. The Kier molecular flexibility index (Phi) is 5.21. The van der Waals surface area contributed by atoms with Gasteiger partial charge in [0.15, 0.2) is 5.78 Å². The SMILES string of the molecule is O=C(CCCc1cccc(O)c1)c1ccc(O)cc1P(=O)(O)O. The summed E-state index contributed by atoms with van der Waals surface area (Å²) < 4.78 is 11.4. The monoisotopic (exact) mass is 336 g/mol. The molecule has 0 aliphatic heterocycles. The Bertz CT molecular complexity index is 765. The topological polar surface area (TPSA) is 115 Å². The van der Waals surface area contributed by atoms with Crippen LogP contribution in [0.15, 0.2) is 42.5 Å². The highest BCUT2D eigenvalue weighted by Gasteiger charge is 2.25. The van der Waals surface area contributed by atoms with Crippen molar-refractivity contribution in [1.82, 2.24) is 0 Å². The van der Waals surface area contributed by atoms with Gasteiger partial charge in [-0.3, -0.25) is 9.36 Å². The summed E-state index contributed by atoms with van der Waals surface area (Å²) in [6, 6.07) is 10.1. The number of hydrogen-bond donors (Lipinski definition) is 4. The number of ketones is 1. The maximum atomic E-state index is 12.2. The highest BCUT2D eigenvalue weighted by molar-refractivity contribution is 7.60. The minimum Gasteiger partial charge on any atom is -0.508 e. The first kappa shape index (κ1) is 17.2. The van der Waals surface area contributed by atoms with E-state index in [0.29, 0.717) is 12.8 Å². The third-order valence-corrected chi connectivity index (χ3v) is 4.37. The summed E-state index contributed by atoms with van der Waals surface area (Å²) >= 11 is 0. The van der Waals surface area contributed by atoms with Crippen molar-refractivity contribution >= 4 is 18.7 Å². The lowest BCUT2D eigenvalue weighted by Gasteiger charge is -2.10. The lowest BCUT2D eigenvalue weighted by Crippen LogP contribution is -2.16. The molecule has 0 unspecified atom stereocenters. The van der Waals surface area contributed by atoms with E-state index in [4.69, 9.17) is 0 Å². The van der Waals surface area contributed by atoms with Crippen molar-refractivity contribution in [3.8, 4) is 11.5 Å². The van der Waals surface area contributed by atoms with Crippen molar-refractivity contribution in [3.63, 3.8) is 0 Å². The van der Waals surface area contributed by atoms with E-state index in [9.17, 15) is 29.4 Å². The summed E-state index contributed by atoms with van der Waals surface area (Å²) in [6.07, 6.45) is 1.14. The van der Waals surface area contributed by atoms with Gasteiger partial charge in [0.2, 0.25) is 0 Å². The molecule has 0 atom stereocenters. The molecule has 122 valence electrons. The molecular formula is C16H17O6P. The zero-order valence-corrected chi connectivity index (χ0v) is 13.1. The quantitative estimate of drug-likeness (QED) is 0.474. The minimum atomic E-state index is -4.65. The van der Waals surface area contributed by atoms with Gasteiger partial charge in [-0.15, -0.1) is 0 Å². The Labute approximate surface area is 133 Å². The van der Waals surface area contributed by atoms with Gasteiger partial charge < -0.3 is 20.0 Å². The second-order valence-electron chi connectivity index (χ2n) is 5.19. The van der Waals surface area contributed by atoms with Gasteiger partial charge in [0.25, 0.3) is 0 Å². The highest BCUT2D eigenvalue weighted by Crippen LogP contribution is 2.36. The van der Waals surface area contributed by atoms with Crippen LogP contribution >= 0.6 is 7.60 Å². The molecule has 6 nitrogen and oxygen atoms in total. The van der Waals surface area contributed by atoms with Crippen LogP contribution in [0.1, 0.15) is 28.8 Å². The van der Waals surface area contributed by atoms with Crippen molar-refractivity contribution < 1.29 is 29.4 Å². The number of aryl methyl sites for hydroxylation is 1. The molecule has 2 aromatic rings. The molecule has 4 N–H and O–H groups in total. The lowest BCUT2D eigenvalue weighted by atomic mass is 10.0. The third-order valence-electron chi connectivity index (χ3n) is 3.38. The number of carbonyl (C=O) groups excluding carboxylic acids is 1. The maximum Gasteiger partial charge on any atom is 0.357 e. The van der Waals surface area contributed by atoms with E-state index >= 15 is 0 Å². The Hall–Kier alpha value is -2.14.